The first-order valence-electron chi connectivity index (χ1n) is 6.72. The normalized spacial score (nSPS) is 19.0. The lowest BCUT2D eigenvalue weighted by Crippen LogP contribution is -2.20. The highest BCUT2D eigenvalue weighted by Crippen LogP contribution is 2.27. The molecule has 3 rings (SSSR count). The lowest BCUT2D eigenvalue weighted by molar-refractivity contribution is -0.110. The number of amides is 1. The van der Waals surface area contributed by atoms with Crippen molar-refractivity contribution >= 4 is 43.3 Å². The van der Waals surface area contributed by atoms with Gasteiger partial charge in [-0.05, 0) is 43.2 Å². The maximum absolute atomic E-state index is 12.0. The summed E-state index contributed by atoms with van der Waals surface area (Å²) in [6, 6.07) is 5.43. The van der Waals surface area contributed by atoms with E-state index in [-0.39, 0.29) is 16.5 Å². The molecule has 120 valence electrons. The number of sulfonamides is 1. The molecule has 7 nitrogen and oxygen atoms in total. The summed E-state index contributed by atoms with van der Waals surface area (Å²) in [6.07, 6.45) is 3.80. The number of anilines is 1. The van der Waals surface area contributed by atoms with Crippen molar-refractivity contribution in [3.63, 3.8) is 0 Å². The zero-order valence-electron chi connectivity index (χ0n) is 11.8. The molecule has 0 saturated heterocycles. The van der Waals surface area contributed by atoms with Gasteiger partial charge in [0.25, 0.3) is 5.91 Å². The molecule has 0 radical (unpaired) electrons. The number of allylic oxidation sites excluding steroid dienone is 4. The number of hydrazone groups is 1. The molecule has 0 atom stereocenters. The van der Waals surface area contributed by atoms with E-state index in [4.69, 9.17) is 5.14 Å². The van der Waals surface area contributed by atoms with E-state index >= 15 is 0 Å². The van der Waals surface area contributed by atoms with Crippen molar-refractivity contribution in [2.24, 2.45) is 10.2 Å². The number of nitrogens with two attached hydrogens (primary N) is 1. The molecule has 23 heavy (non-hydrogen) atoms. The first-order chi connectivity index (χ1) is 10.8. The van der Waals surface area contributed by atoms with Crippen LogP contribution in [0.15, 0.2) is 50.5 Å². The summed E-state index contributed by atoms with van der Waals surface area (Å²) in [4.78, 5) is 12.2. The molecule has 0 unspecified atom stereocenters. The average molecular weight is 397 g/mol. The molecule has 0 bridgehead atoms. The van der Waals surface area contributed by atoms with Gasteiger partial charge in [-0.1, -0.05) is 15.9 Å². The third-order valence-electron chi connectivity index (χ3n) is 3.49. The Bertz CT molecular complexity index is 887. The van der Waals surface area contributed by atoms with Crippen LogP contribution in [0.1, 0.15) is 18.4 Å². The van der Waals surface area contributed by atoms with Crippen LogP contribution in [-0.2, 0) is 14.8 Å². The smallest absolute Gasteiger partial charge is 0.276 e. The molecule has 0 saturated carbocycles. The number of fused-ring (bicyclic) bond motifs is 1. The van der Waals surface area contributed by atoms with Gasteiger partial charge in [-0.15, -0.1) is 0 Å². The Balaban J connectivity index is 1.81. The summed E-state index contributed by atoms with van der Waals surface area (Å²) in [5.74, 6) is -0.289. The Morgan fingerprint density at radius 1 is 1.26 bits per heavy atom. The van der Waals surface area contributed by atoms with Gasteiger partial charge in [0.1, 0.15) is 0 Å². The topological polar surface area (TPSA) is 114 Å². The van der Waals surface area contributed by atoms with Crippen LogP contribution in [-0.4, -0.2) is 20.0 Å². The Kier molecular flexibility index (Phi) is 4.09. The van der Waals surface area contributed by atoms with Gasteiger partial charge in [0, 0.05) is 15.7 Å². The molecule has 0 aromatic heterocycles. The van der Waals surface area contributed by atoms with Gasteiger partial charge in [0.05, 0.1) is 10.6 Å². The molecule has 1 heterocycles. The number of halogens is 1. The van der Waals surface area contributed by atoms with E-state index in [2.05, 4.69) is 31.8 Å². The second kappa shape index (κ2) is 5.91. The Labute approximate surface area is 141 Å². The van der Waals surface area contributed by atoms with Crippen LogP contribution in [0.4, 0.5) is 5.69 Å². The van der Waals surface area contributed by atoms with Gasteiger partial charge in [-0.3, -0.25) is 10.2 Å². The predicted molar refractivity (Wildman–Crippen MR) is 91.0 cm³/mol. The molecule has 1 amide bonds. The Hall–Kier alpha value is -1.97. The first kappa shape index (κ1) is 15.9. The van der Waals surface area contributed by atoms with Gasteiger partial charge in [0.2, 0.25) is 10.0 Å². The van der Waals surface area contributed by atoms with Gasteiger partial charge in [-0.25, -0.2) is 13.6 Å². The number of nitrogens with zero attached hydrogens (tertiary/aromatic N) is 1. The minimum Gasteiger partial charge on any atom is -0.320 e. The van der Waals surface area contributed by atoms with Crippen LogP contribution >= 0.6 is 15.9 Å². The fraction of sp³-hybridized carbons (Fsp3) is 0.143. The molecule has 4 N–H and O–H groups in total. The summed E-state index contributed by atoms with van der Waals surface area (Å²) in [5.41, 5.74) is 5.22. The molecule has 1 aromatic carbocycles. The monoisotopic (exact) mass is 396 g/mol. The van der Waals surface area contributed by atoms with Crippen LogP contribution in [0.3, 0.4) is 0 Å². The summed E-state index contributed by atoms with van der Waals surface area (Å²) < 4.78 is 23.3. The van der Waals surface area contributed by atoms with Crippen molar-refractivity contribution in [2.45, 2.75) is 12.8 Å². The number of primary sulfonamides is 1. The summed E-state index contributed by atoms with van der Waals surface area (Å²) in [6.45, 7) is 0. The molecule has 1 aromatic rings. The number of hydrogen-bond acceptors (Lipinski definition) is 5. The number of nitrogens with one attached hydrogen (secondary N) is 2. The minimum atomic E-state index is -3.65. The second-order valence-corrected chi connectivity index (χ2v) is 7.62. The highest BCUT2D eigenvalue weighted by molar-refractivity contribution is 9.10. The summed E-state index contributed by atoms with van der Waals surface area (Å²) >= 11 is 3.35. The van der Waals surface area contributed by atoms with Crippen molar-refractivity contribution in [3.8, 4) is 0 Å². The van der Waals surface area contributed by atoms with Crippen LogP contribution in [0.2, 0.25) is 0 Å². The second-order valence-electron chi connectivity index (χ2n) is 5.09. The fourth-order valence-corrected chi connectivity index (χ4v) is 3.32. The molecule has 1 aliphatic heterocycles. The zero-order chi connectivity index (χ0) is 16.6. The highest BCUT2D eigenvalue weighted by atomic mass is 79.9. The fourth-order valence-electron chi connectivity index (χ4n) is 2.32. The maximum Gasteiger partial charge on any atom is 0.276 e. The quantitative estimate of drug-likeness (QED) is 0.672. The van der Waals surface area contributed by atoms with E-state index in [0.717, 1.165) is 4.47 Å². The lowest BCUT2D eigenvalue weighted by atomic mass is 10.1. The van der Waals surface area contributed by atoms with E-state index in [9.17, 15) is 13.2 Å². The van der Waals surface area contributed by atoms with Crippen molar-refractivity contribution in [3.05, 3.63) is 51.0 Å². The number of hydrogen-bond donors (Lipinski definition) is 3. The standard InChI is InChI=1S/C14H13BrN4O3S/c15-8-1-6-11-12(7-8)17-14(20)13(11)19-18-9-2-4-10(5-3-9)23(16,21)22/h1-2,4,6-7,18H,3,5H2,(H2,16,21,22)(H,17,19,20). The van der Waals surface area contributed by atoms with Gasteiger partial charge in [-0.2, -0.15) is 5.10 Å². The third-order valence-corrected chi connectivity index (χ3v) is 5.05. The van der Waals surface area contributed by atoms with E-state index in [1.807, 2.05) is 6.07 Å². The van der Waals surface area contributed by atoms with Crippen LogP contribution < -0.4 is 15.9 Å². The molecule has 0 fully saturated rings. The van der Waals surface area contributed by atoms with E-state index in [0.29, 0.717) is 29.8 Å². The Morgan fingerprint density at radius 2 is 2.04 bits per heavy atom. The van der Waals surface area contributed by atoms with Crippen LogP contribution in [0.5, 0.6) is 0 Å². The van der Waals surface area contributed by atoms with Crippen molar-refractivity contribution < 1.29 is 13.2 Å². The summed E-state index contributed by atoms with van der Waals surface area (Å²) in [5, 5.41) is 12.0. The molecule has 0 spiro atoms. The first-order valence-corrected chi connectivity index (χ1v) is 9.06. The number of benzene rings is 1. The van der Waals surface area contributed by atoms with E-state index in [1.54, 1.807) is 18.2 Å². The van der Waals surface area contributed by atoms with Crippen molar-refractivity contribution in [1.82, 2.24) is 5.43 Å². The third kappa shape index (κ3) is 3.36. The number of rotatable bonds is 3. The molecule has 2 aliphatic rings. The van der Waals surface area contributed by atoms with Gasteiger partial charge < -0.3 is 5.32 Å². The average Bonchev–Trinajstić information content (AvgIpc) is 2.79. The predicted octanol–water partition coefficient (Wildman–Crippen LogP) is 1.55. The molecular formula is C14H13BrN4O3S. The van der Waals surface area contributed by atoms with Crippen LogP contribution in [0.25, 0.3) is 0 Å². The molecular weight excluding hydrogens is 384 g/mol. The minimum absolute atomic E-state index is 0.185. The van der Waals surface area contributed by atoms with Crippen molar-refractivity contribution in [2.75, 3.05) is 5.32 Å². The molecule has 9 heteroatoms. The Morgan fingerprint density at radius 3 is 2.70 bits per heavy atom. The van der Waals surface area contributed by atoms with E-state index < -0.39 is 10.0 Å². The van der Waals surface area contributed by atoms with Gasteiger partial charge >= 0.3 is 0 Å². The van der Waals surface area contributed by atoms with Crippen molar-refractivity contribution in [1.29, 1.82) is 0 Å². The van der Waals surface area contributed by atoms with Crippen LogP contribution in [0, 0.1) is 0 Å². The maximum atomic E-state index is 12.0. The molecule has 1 aliphatic carbocycles. The largest absolute Gasteiger partial charge is 0.320 e. The highest BCUT2D eigenvalue weighted by Gasteiger charge is 2.26. The zero-order valence-corrected chi connectivity index (χ0v) is 14.2. The SMILES string of the molecule is NS(=O)(=O)C1=CC=C(N/N=C2\C(=O)Nc3cc(Br)ccc32)CC1. The number of carbonyl (C=O) groups excluding carboxylic acids is 1. The van der Waals surface area contributed by atoms with E-state index in [1.165, 1.54) is 6.08 Å². The lowest BCUT2D eigenvalue weighted by Gasteiger charge is -2.12. The van der Waals surface area contributed by atoms with Gasteiger partial charge in [0.15, 0.2) is 5.71 Å². The summed E-state index contributed by atoms with van der Waals surface area (Å²) in [7, 11) is -3.65. The number of carbonyl (C=O) groups is 1.